The molecule has 2 fully saturated rings. The Hall–Kier alpha value is -2.14. The summed E-state index contributed by atoms with van der Waals surface area (Å²) in [5, 5.41) is 0. The van der Waals surface area contributed by atoms with Gasteiger partial charge in [0.2, 0.25) is 5.91 Å². The zero-order valence-electron chi connectivity index (χ0n) is 13.9. The SMILES string of the molecule is CO[C@@H]1C[C@H]1C(=O)N1CCCCC1c1ncc(-c2ccccc2)[nH]1. The number of carbonyl (C=O) groups is 1. The van der Waals surface area contributed by atoms with Gasteiger partial charge in [-0.15, -0.1) is 0 Å². The molecule has 1 saturated carbocycles. The zero-order chi connectivity index (χ0) is 16.5. The third-order valence-corrected chi connectivity index (χ3v) is 5.13. The van der Waals surface area contributed by atoms with Crippen molar-refractivity contribution in [2.24, 2.45) is 5.92 Å². The summed E-state index contributed by atoms with van der Waals surface area (Å²) in [5.41, 5.74) is 2.12. The highest BCUT2D eigenvalue weighted by Gasteiger charge is 2.47. The second-order valence-corrected chi connectivity index (χ2v) is 6.71. The molecule has 4 rings (SSSR count). The molecular weight excluding hydrogens is 302 g/mol. The van der Waals surface area contributed by atoms with Crippen LogP contribution in [0.4, 0.5) is 0 Å². The van der Waals surface area contributed by atoms with Crippen LogP contribution in [0.1, 0.15) is 37.5 Å². The number of aromatic amines is 1. The second kappa shape index (κ2) is 6.40. The quantitative estimate of drug-likeness (QED) is 0.939. The van der Waals surface area contributed by atoms with E-state index >= 15 is 0 Å². The van der Waals surface area contributed by atoms with Gasteiger partial charge in [-0.3, -0.25) is 4.79 Å². The van der Waals surface area contributed by atoms with Crippen LogP contribution >= 0.6 is 0 Å². The molecule has 5 heteroatoms. The predicted octanol–water partition coefficient (Wildman–Crippen LogP) is 3.17. The lowest BCUT2D eigenvalue weighted by Crippen LogP contribution is -2.40. The first-order valence-corrected chi connectivity index (χ1v) is 8.71. The molecule has 3 atom stereocenters. The zero-order valence-corrected chi connectivity index (χ0v) is 13.9. The van der Waals surface area contributed by atoms with Gasteiger partial charge in [0.1, 0.15) is 5.82 Å². The Morgan fingerprint density at radius 2 is 2.12 bits per heavy atom. The largest absolute Gasteiger partial charge is 0.381 e. The molecule has 2 aliphatic rings. The van der Waals surface area contributed by atoms with Crippen LogP contribution < -0.4 is 0 Å². The Labute approximate surface area is 142 Å². The van der Waals surface area contributed by atoms with Crippen molar-refractivity contribution >= 4 is 5.91 Å². The van der Waals surface area contributed by atoms with E-state index in [0.29, 0.717) is 0 Å². The van der Waals surface area contributed by atoms with Gasteiger partial charge < -0.3 is 14.6 Å². The smallest absolute Gasteiger partial charge is 0.229 e. The molecular formula is C19H23N3O2. The molecule has 1 aliphatic carbocycles. The van der Waals surface area contributed by atoms with Crippen LogP contribution in [0.25, 0.3) is 11.3 Å². The summed E-state index contributed by atoms with van der Waals surface area (Å²) in [6, 6.07) is 10.2. The van der Waals surface area contributed by atoms with E-state index in [1.165, 1.54) is 0 Å². The lowest BCUT2D eigenvalue weighted by Gasteiger charge is -2.34. The number of likely N-dealkylation sites (tertiary alicyclic amines) is 1. The molecule has 1 N–H and O–H groups in total. The maximum atomic E-state index is 12.8. The summed E-state index contributed by atoms with van der Waals surface area (Å²) in [6.45, 7) is 0.817. The lowest BCUT2D eigenvalue weighted by molar-refractivity contribution is -0.137. The number of H-pyrrole nitrogens is 1. The van der Waals surface area contributed by atoms with Gasteiger partial charge in [0.25, 0.3) is 0 Å². The summed E-state index contributed by atoms with van der Waals surface area (Å²) in [7, 11) is 1.68. The van der Waals surface area contributed by atoms with E-state index < -0.39 is 0 Å². The number of ether oxygens (including phenoxy) is 1. The summed E-state index contributed by atoms with van der Waals surface area (Å²) in [4.78, 5) is 22.8. The van der Waals surface area contributed by atoms with Gasteiger partial charge in [-0.1, -0.05) is 30.3 Å². The number of methoxy groups -OCH3 is 1. The highest BCUT2D eigenvalue weighted by Crippen LogP contribution is 2.39. The number of aromatic nitrogens is 2. The molecule has 2 heterocycles. The fourth-order valence-corrected chi connectivity index (χ4v) is 3.66. The molecule has 1 aromatic heterocycles. The van der Waals surface area contributed by atoms with Crippen molar-refractivity contribution < 1.29 is 9.53 Å². The fourth-order valence-electron chi connectivity index (χ4n) is 3.66. The van der Waals surface area contributed by atoms with Gasteiger partial charge in [0.15, 0.2) is 0 Å². The van der Waals surface area contributed by atoms with Crippen LogP contribution in [0.15, 0.2) is 36.5 Å². The van der Waals surface area contributed by atoms with Crippen LogP contribution in [0, 0.1) is 5.92 Å². The third-order valence-electron chi connectivity index (χ3n) is 5.13. The number of rotatable bonds is 4. The Kier molecular flexibility index (Phi) is 4.10. The van der Waals surface area contributed by atoms with Crippen LogP contribution in [0.3, 0.4) is 0 Å². The van der Waals surface area contributed by atoms with Gasteiger partial charge in [0.05, 0.1) is 30.0 Å². The molecule has 1 saturated heterocycles. The molecule has 0 spiro atoms. The summed E-state index contributed by atoms with van der Waals surface area (Å²) < 4.78 is 5.32. The molecule has 5 nitrogen and oxygen atoms in total. The average Bonchev–Trinajstić information content (AvgIpc) is 3.28. The molecule has 1 aromatic carbocycles. The van der Waals surface area contributed by atoms with Crippen molar-refractivity contribution in [1.29, 1.82) is 0 Å². The maximum absolute atomic E-state index is 12.8. The van der Waals surface area contributed by atoms with Crippen molar-refractivity contribution in [2.75, 3.05) is 13.7 Å². The highest BCUT2D eigenvalue weighted by atomic mass is 16.5. The van der Waals surface area contributed by atoms with Crippen LogP contribution in [-0.4, -0.2) is 40.5 Å². The number of piperidine rings is 1. The van der Waals surface area contributed by atoms with Gasteiger partial charge in [0, 0.05) is 13.7 Å². The van der Waals surface area contributed by atoms with Crippen molar-refractivity contribution in [2.45, 2.75) is 37.8 Å². The summed E-state index contributed by atoms with van der Waals surface area (Å²) in [6.07, 6.45) is 6.00. The average molecular weight is 325 g/mol. The first-order valence-electron chi connectivity index (χ1n) is 8.71. The Balaban J connectivity index is 1.55. The molecule has 1 unspecified atom stereocenters. The van der Waals surface area contributed by atoms with Crippen LogP contribution in [0.5, 0.6) is 0 Å². The maximum Gasteiger partial charge on any atom is 0.229 e. The van der Waals surface area contributed by atoms with Crippen molar-refractivity contribution in [3.8, 4) is 11.3 Å². The highest BCUT2D eigenvalue weighted by molar-refractivity contribution is 5.82. The van der Waals surface area contributed by atoms with Crippen LogP contribution in [0.2, 0.25) is 0 Å². The van der Waals surface area contributed by atoms with E-state index in [0.717, 1.165) is 49.3 Å². The van der Waals surface area contributed by atoms with E-state index in [2.05, 4.69) is 22.1 Å². The first-order chi connectivity index (χ1) is 11.8. The number of carbonyl (C=O) groups excluding carboxylic acids is 1. The summed E-state index contributed by atoms with van der Waals surface area (Å²) >= 11 is 0. The molecule has 2 aromatic rings. The van der Waals surface area contributed by atoms with Gasteiger partial charge in [-0.05, 0) is 31.2 Å². The minimum absolute atomic E-state index is 0.0409. The molecule has 0 bridgehead atoms. The minimum atomic E-state index is 0.0409. The van der Waals surface area contributed by atoms with E-state index in [-0.39, 0.29) is 24.0 Å². The monoisotopic (exact) mass is 325 g/mol. The predicted molar refractivity (Wildman–Crippen MR) is 91.2 cm³/mol. The Morgan fingerprint density at radius 3 is 2.88 bits per heavy atom. The standard InChI is InChI=1S/C19H23N3O2/c1-24-17-11-14(17)19(23)22-10-6-5-9-16(22)18-20-12-15(21-18)13-7-3-2-4-8-13/h2-4,7-8,12,14,16-17H,5-6,9-11H2,1H3,(H,20,21)/t14-,16?,17-/m1/s1. The Bertz CT molecular complexity index is 712. The van der Waals surface area contributed by atoms with Crippen molar-refractivity contribution in [3.63, 3.8) is 0 Å². The molecule has 24 heavy (non-hydrogen) atoms. The van der Waals surface area contributed by atoms with E-state index in [1.807, 2.05) is 29.3 Å². The Morgan fingerprint density at radius 1 is 1.29 bits per heavy atom. The number of hydrogen-bond donors (Lipinski definition) is 1. The van der Waals surface area contributed by atoms with E-state index in [1.54, 1.807) is 7.11 Å². The molecule has 126 valence electrons. The fraction of sp³-hybridized carbons (Fsp3) is 0.474. The van der Waals surface area contributed by atoms with Gasteiger partial charge in [-0.25, -0.2) is 4.98 Å². The number of hydrogen-bond acceptors (Lipinski definition) is 3. The first kappa shape index (κ1) is 15.4. The topological polar surface area (TPSA) is 58.2 Å². The number of nitrogens with one attached hydrogen (secondary N) is 1. The van der Waals surface area contributed by atoms with Gasteiger partial charge >= 0.3 is 0 Å². The lowest BCUT2D eigenvalue weighted by atomic mass is 10.0. The number of amides is 1. The molecule has 1 amide bonds. The number of nitrogens with zero attached hydrogens (tertiary/aromatic N) is 2. The third kappa shape index (κ3) is 2.84. The number of benzene rings is 1. The minimum Gasteiger partial charge on any atom is -0.381 e. The second-order valence-electron chi connectivity index (χ2n) is 6.71. The van der Waals surface area contributed by atoms with Gasteiger partial charge in [-0.2, -0.15) is 0 Å². The van der Waals surface area contributed by atoms with Crippen LogP contribution in [-0.2, 0) is 9.53 Å². The normalized spacial score (nSPS) is 26.4. The molecule has 0 radical (unpaired) electrons. The van der Waals surface area contributed by atoms with E-state index in [4.69, 9.17) is 4.74 Å². The van der Waals surface area contributed by atoms with Crippen molar-refractivity contribution in [1.82, 2.24) is 14.9 Å². The van der Waals surface area contributed by atoms with Crippen molar-refractivity contribution in [3.05, 3.63) is 42.4 Å². The van der Waals surface area contributed by atoms with E-state index in [9.17, 15) is 4.79 Å². The number of imidazole rings is 1. The summed E-state index contributed by atoms with van der Waals surface area (Å²) in [5.74, 6) is 1.17. The molecule has 1 aliphatic heterocycles.